The predicted molar refractivity (Wildman–Crippen MR) is 125 cm³/mol. The van der Waals surface area contributed by atoms with Crippen LogP contribution in [0.1, 0.15) is 49.4 Å². The van der Waals surface area contributed by atoms with Crippen LogP contribution in [0.15, 0.2) is 18.2 Å². The van der Waals surface area contributed by atoms with Crippen molar-refractivity contribution in [3.05, 3.63) is 29.6 Å². The molecule has 0 aromatic heterocycles. The van der Waals surface area contributed by atoms with Gasteiger partial charge in [0.1, 0.15) is 5.82 Å². The molecule has 8 heteroatoms. The quantitative estimate of drug-likeness (QED) is 0.721. The maximum absolute atomic E-state index is 14.8. The third-order valence-corrected chi connectivity index (χ3v) is 7.04. The molecule has 2 saturated carbocycles. The molecule has 1 heterocycles. The van der Waals surface area contributed by atoms with Crippen molar-refractivity contribution in [2.24, 2.45) is 17.6 Å². The maximum atomic E-state index is 14.8. The summed E-state index contributed by atoms with van der Waals surface area (Å²) in [5, 5.41) is 3.22. The molecule has 3 N–H and O–H groups in total. The van der Waals surface area contributed by atoms with E-state index in [1.54, 1.807) is 12.1 Å². The summed E-state index contributed by atoms with van der Waals surface area (Å²) in [7, 11) is 0. The predicted octanol–water partition coefficient (Wildman–Crippen LogP) is 3.45. The maximum Gasteiger partial charge on any atom is 0.251 e. The standard InChI is InChI=1S/C22H33FN4O.2ClH/c1-2-26-8-10-27(11-9-26)20-7-6-17(14-19(20)23)22(28)25-21-15-4-3-5-16(21)13-18(24)12-15;;/h6-7,14-16,18,21H,2-5,8-13,24H2,1H3,(H,25,28);2*1H. The number of hydrogen-bond acceptors (Lipinski definition) is 4. The Morgan fingerprint density at radius 3 is 2.33 bits per heavy atom. The zero-order chi connectivity index (χ0) is 19.7. The second-order valence-corrected chi connectivity index (χ2v) is 8.77. The third-order valence-electron chi connectivity index (χ3n) is 7.04. The Morgan fingerprint density at radius 1 is 1.13 bits per heavy atom. The molecule has 1 amide bonds. The lowest BCUT2D eigenvalue weighted by atomic mass is 9.67. The molecule has 30 heavy (non-hydrogen) atoms. The molecule has 3 aliphatic rings. The zero-order valence-electron chi connectivity index (χ0n) is 17.7. The molecule has 3 fully saturated rings. The molecule has 1 aliphatic heterocycles. The Balaban J connectivity index is 0.00000160. The molecule has 1 aromatic rings. The summed E-state index contributed by atoms with van der Waals surface area (Å²) in [5.41, 5.74) is 7.21. The molecule has 1 aromatic carbocycles. The second kappa shape index (κ2) is 11.0. The van der Waals surface area contributed by atoms with E-state index in [2.05, 4.69) is 22.0 Å². The van der Waals surface area contributed by atoms with E-state index in [-0.39, 0.29) is 48.6 Å². The minimum atomic E-state index is -0.302. The molecule has 5 nitrogen and oxygen atoms in total. The molecule has 2 unspecified atom stereocenters. The number of carbonyl (C=O) groups excluding carboxylic acids is 1. The number of benzene rings is 1. The SMILES string of the molecule is CCN1CCN(c2ccc(C(=O)NC3C4CCCC3CC(N)C4)cc2F)CC1.Cl.Cl. The van der Waals surface area contributed by atoms with Gasteiger partial charge in [0.25, 0.3) is 5.91 Å². The summed E-state index contributed by atoms with van der Waals surface area (Å²) in [5.74, 6) is 0.470. The fourth-order valence-electron chi connectivity index (χ4n) is 5.47. The lowest BCUT2D eigenvalue weighted by Crippen LogP contribution is -2.53. The summed E-state index contributed by atoms with van der Waals surface area (Å²) >= 11 is 0. The molecular formula is C22H35Cl2FN4O. The molecule has 0 radical (unpaired) electrons. The Bertz CT molecular complexity index is 700. The van der Waals surface area contributed by atoms with E-state index in [0.29, 0.717) is 23.1 Å². The van der Waals surface area contributed by atoms with Crippen molar-refractivity contribution in [3.63, 3.8) is 0 Å². The van der Waals surface area contributed by atoms with Gasteiger partial charge in [-0.3, -0.25) is 4.79 Å². The Morgan fingerprint density at radius 2 is 1.77 bits per heavy atom. The first-order valence-electron chi connectivity index (χ1n) is 10.9. The normalized spacial score (nSPS) is 28.8. The summed E-state index contributed by atoms with van der Waals surface area (Å²) in [6.07, 6.45) is 5.46. The minimum Gasteiger partial charge on any atom is -0.367 e. The van der Waals surface area contributed by atoms with E-state index in [1.807, 2.05) is 0 Å². The number of carbonyl (C=O) groups is 1. The van der Waals surface area contributed by atoms with Gasteiger partial charge in [-0.1, -0.05) is 13.3 Å². The van der Waals surface area contributed by atoms with Crippen LogP contribution in [-0.2, 0) is 0 Å². The highest BCUT2D eigenvalue weighted by Gasteiger charge is 2.40. The summed E-state index contributed by atoms with van der Waals surface area (Å²) < 4.78 is 14.8. The van der Waals surface area contributed by atoms with Gasteiger partial charge in [0.15, 0.2) is 0 Å². The topological polar surface area (TPSA) is 61.6 Å². The van der Waals surface area contributed by atoms with E-state index >= 15 is 0 Å². The molecular weight excluding hydrogens is 426 g/mol. The van der Waals surface area contributed by atoms with Gasteiger partial charge in [-0.15, -0.1) is 24.8 Å². The zero-order valence-corrected chi connectivity index (χ0v) is 19.3. The highest BCUT2D eigenvalue weighted by atomic mass is 35.5. The number of halogens is 3. The van der Waals surface area contributed by atoms with Gasteiger partial charge < -0.3 is 20.9 Å². The summed E-state index contributed by atoms with van der Waals surface area (Å²) in [4.78, 5) is 17.3. The lowest BCUT2D eigenvalue weighted by Gasteiger charge is -2.45. The molecule has 1 saturated heterocycles. The minimum absolute atomic E-state index is 0. The van der Waals surface area contributed by atoms with E-state index in [9.17, 15) is 9.18 Å². The van der Waals surface area contributed by atoms with Crippen molar-refractivity contribution in [3.8, 4) is 0 Å². The van der Waals surface area contributed by atoms with Gasteiger partial charge in [-0.05, 0) is 62.3 Å². The average molecular weight is 461 g/mol. The van der Waals surface area contributed by atoms with Crippen molar-refractivity contribution in [1.29, 1.82) is 0 Å². The number of fused-ring (bicyclic) bond motifs is 2. The number of piperazine rings is 1. The molecule has 0 spiro atoms. The number of amides is 1. The average Bonchev–Trinajstić information content (AvgIpc) is 2.68. The first-order chi connectivity index (χ1) is 13.5. The Hall–Kier alpha value is -1.08. The first-order valence-corrected chi connectivity index (χ1v) is 10.9. The smallest absolute Gasteiger partial charge is 0.251 e. The summed E-state index contributed by atoms with van der Waals surface area (Å²) in [6.45, 7) is 6.72. The molecule has 2 aliphatic carbocycles. The van der Waals surface area contributed by atoms with Crippen LogP contribution in [0.25, 0.3) is 0 Å². The van der Waals surface area contributed by atoms with Crippen molar-refractivity contribution in [2.45, 2.75) is 51.1 Å². The number of nitrogens with two attached hydrogens (primary N) is 1. The van der Waals surface area contributed by atoms with E-state index in [4.69, 9.17) is 5.73 Å². The summed E-state index contributed by atoms with van der Waals surface area (Å²) in [6, 6.07) is 5.38. The second-order valence-electron chi connectivity index (χ2n) is 8.77. The Kier molecular flexibility index (Phi) is 9.22. The van der Waals surface area contributed by atoms with Crippen LogP contribution in [0.3, 0.4) is 0 Å². The van der Waals surface area contributed by atoms with Crippen molar-refractivity contribution >= 4 is 36.4 Å². The fraction of sp³-hybridized carbons (Fsp3) is 0.682. The number of likely N-dealkylation sites (N-methyl/N-ethyl adjacent to an activating group) is 1. The van der Waals surface area contributed by atoms with Crippen LogP contribution < -0.4 is 16.0 Å². The van der Waals surface area contributed by atoms with Gasteiger partial charge in [-0.25, -0.2) is 4.39 Å². The van der Waals surface area contributed by atoms with Crippen LogP contribution in [0, 0.1) is 17.7 Å². The number of rotatable bonds is 4. The van der Waals surface area contributed by atoms with E-state index in [1.165, 1.54) is 12.5 Å². The van der Waals surface area contributed by atoms with Gasteiger partial charge in [0.2, 0.25) is 0 Å². The Labute approximate surface area is 191 Å². The van der Waals surface area contributed by atoms with Crippen molar-refractivity contribution in [1.82, 2.24) is 10.2 Å². The van der Waals surface area contributed by atoms with Crippen molar-refractivity contribution in [2.75, 3.05) is 37.6 Å². The number of nitrogens with zero attached hydrogens (tertiary/aromatic N) is 2. The van der Waals surface area contributed by atoms with Crippen LogP contribution in [-0.4, -0.2) is 55.6 Å². The lowest BCUT2D eigenvalue weighted by molar-refractivity contribution is 0.0755. The molecule has 2 bridgehead atoms. The van der Waals surface area contributed by atoms with Gasteiger partial charge in [-0.2, -0.15) is 0 Å². The first kappa shape index (κ1) is 25.2. The highest BCUT2D eigenvalue weighted by Crippen LogP contribution is 2.39. The van der Waals surface area contributed by atoms with Crippen LogP contribution in [0.4, 0.5) is 10.1 Å². The number of anilines is 1. The van der Waals surface area contributed by atoms with Crippen LogP contribution in [0.2, 0.25) is 0 Å². The number of nitrogens with one attached hydrogen (secondary N) is 1. The van der Waals surface area contributed by atoms with Gasteiger partial charge in [0, 0.05) is 43.8 Å². The van der Waals surface area contributed by atoms with Crippen molar-refractivity contribution < 1.29 is 9.18 Å². The monoisotopic (exact) mass is 460 g/mol. The van der Waals surface area contributed by atoms with Crippen LogP contribution in [0.5, 0.6) is 0 Å². The molecule has 170 valence electrons. The molecule has 2 atom stereocenters. The highest BCUT2D eigenvalue weighted by molar-refractivity contribution is 5.94. The van der Waals surface area contributed by atoms with E-state index < -0.39 is 0 Å². The third kappa shape index (κ3) is 5.39. The molecule has 4 rings (SSSR count). The van der Waals surface area contributed by atoms with Gasteiger partial charge >= 0.3 is 0 Å². The van der Waals surface area contributed by atoms with Crippen LogP contribution >= 0.6 is 24.8 Å². The fourth-order valence-corrected chi connectivity index (χ4v) is 5.47. The number of hydrogen-bond donors (Lipinski definition) is 2. The largest absolute Gasteiger partial charge is 0.367 e. The van der Waals surface area contributed by atoms with Gasteiger partial charge in [0.05, 0.1) is 5.69 Å². The van der Waals surface area contributed by atoms with E-state index in [0.717, 1.165) is 58.4 Å².